The van der Waals surface area contributed by atoms with Crippen molar-refractivity contribution in [3.63, 3.8) is 0 Å². The molecule has 0 spiro atoms. The van der Waals surface area contributed by atoms with Gasteiger partial charge in [0.05, 0.1) is 0 Å². The Hall–Kier alpha value is -1.34. The number of piperidine rings is 2. The third kappa shape index (κ3) is 3.67. The minimum Gasteiger partial charge on any atom is -0.356 e. The van der Waals surface area contributed by atoms with Crippen LogP contribution in [-0.2, 0) is 4.79 Å². The van der Waals surface area contributed by atoms with Gasteiger partial charge < -0.3 is 15.1 Å². The van der Waals surface area contributed by atoms with Gasteiger partial charge in [0.2, 0.25) is 5.91 Å². The second-order valence-electron chi connectivity index (χ2n) is 6.65. The van der Waals surface area contributed by atoms with E-state index in [0.29, 0.717) is 24.3 Å². The Morgan fingerprint density at radius 3 is 2.96 bits per heavy atom. The number of carbonyl (C=O) groups excluding carboxylic acids is 1. The second kappa shape index (κ2) is 7.70. The number of anilines is 1. The van der Waals surface area contributed by atoms with Crippen LogP contribution < -0.4 is 10.2 Å². The predicted octanol–water partition coefficient (Wildman–Crippen LogP) is 1.54. The van der Waals surface area contributed by atoms with Gasteiger partial charge in [-0.25, -0.2) is 9.97 Å². The summed E-state index contributed by atoms with van der Waals surface area (Å²) in [7, 11) is 1.94. The fraction of sp³-hybridized carbons (Fsp3) is 0.706. The minimum atomic E-state index is 0.322. The summed E-state index contributed by atoms with van der Waals surface area (Å²) in [6.07, 6.45) is 4.71. The van der Waals surface area contributed by atoms with Crippen LogP contribution in [0.1, 0.15) is 25.0 Å². The fourth-order valence-corrected chi connectivity index (χ4v) is 4.28. The Kier molecular flexibility index (Phi) is 5.61. The van der Waals surface area contributed by atoms with Crippen molar-refractivity contribution < 1.29 is 4.79 Å². The fourth-order valence-electron chi connectivity index (χ4n) is 3.86. The molecule has 0 bridgehead atoms. The average molecular weight is 350 g/mol. The molecule has 0 aliphatic carbocycles. The molecule has 0 radical (unpaired) electrons. The van der Waals surface area contributed by atoms with Crippen LogP contribution in [0.15, 0.2) is 11.2 Å². The first-order valence-corrected chi connectivity index (χ1v) is 9.93. The van der Waals surface area contributed by atoms with Gasteiger partial charge in [-0.3, -0.25) is 4.79 Å². The van der Waals surface area contributed by atoms with Crippen LogP contribution in [0.5, 0.6) is 0 Å². The first-order valence-electron chi connectivity index (χ1n) is 8.71. The molecular formula is C17H27N5OS. The molecule has 0 saturated carbocycles. The summed E-state index contributed by atoms with van der Waals surface area (Å²) < 4.78 is 0. The highest BCUT2D eigenvalue weighted by molar-refractivity contribution is 7.98. The van der Waals surface area contributed by atoms with E-state index < -0.39 is 0 Å². The van der Waals surface area contributed by atoms with Crippen molar-refractivity contribution in [3.05, 3.63) is 11.8 Å². The Balaban J connectivity index is 1.73. The first kappa shape index (κ1) is 17.5. The molecule has 1 N–H and O–H groups in total. The molecule has 0 unspecified atom stereocenters. The third-order valence-corrected chi connectivity index (χ3v) is 5.62. The Morgan fingerprint density at radius 1 is 1.38 bits per heavy atom. The molecule has 2 aliphatic heterocycles. The number of likely N-dealkylation sites (N-methyl/N-ethyl adjacent to an activating group) is 1. The van der Waals surface area contributed by atoms with Gasteiger partial charge in [0.15, 0.2) is 5.16 Å². The molecule has 6 nitrogen and oxygen atoms in total. The van der Waals surface area contributed by atoms with Crippen LogP contribution in [0.4, 0.5) is 5.82 Å². The van der Waals surface area contributed by atoms with Crippen molar-refractivity contribution in [3.8, 4) is 0 Å². The number of likely N-dealkylation sites (tertiary alicyclic amines) is 1. The monoisotopic (exact) mass is 349 g/mol. The highest BCUT2D eigenvalue weighted by atomic mass is 32.2. The highest BCUT2D eigenvalue weighted by Gasteiger charge is 2.39. The first-order chi connectivity index (χ1) is 11.6. The Morgan fingerprint density at radius 2 is 2.21 bits per heavy atom. The number of carbonyl (C=O) groups is 1. The number of thioether (sulfide) groups is 1. The maximum Gasteiger partial charge on any atom is 0.222 e. The summed E-state index contributed by atoms with van der Waals surface area (Å²) >= 11 is 1.58. The summed E-state index contributed by atoms with van der Waals surface area (Å²) in [6.45, 7) is 5.64. The van der Waals surface area contributed by atoms with Crippen LogP contribution in [0, 0.1) is 12.8 Å². The van der Waals surface area contributed by atoms with Gasteiger partial charge in [-0.2, -0.15) is 0 Å². The third-order valence-electron chi connectivity index (χ3n) is 5.07. The molecule has 24 heavy (non-hydrogen) atoms. The van der Waals surface area contributed by atoms with E-state index in [1.165, 1.54) is 0 Å². The number of amides is 1. The normalized spacial score (nSPS) is 24.2. The number of aryl methyl sites for hydroxylation is 1. The molecule has 2 saturated heterocycles. The smallest absolute Gasteiger partial charge is 0.222 e. The molecule has 2 aliphatic rings. The molecule has 0 aromatic carbocycles. The number of aromatic nitrogens is 2. The minimum absolute atomic E-state index is 0.322. The summed E-state index contributed by atoms with van der Waals surface area (Å²) in [5.41, 5.74) is 1.01. The van der Waals surface area contributed by atoms with Gasteiger partial charge in [0.25, 0.3) is 0 Å². The van der Waals surface area contributed by atoms with E-state index in [2.05, 4.69) is 31.2 Å². The van der Waals surface area contributed by atoms with E-state index in [1.807, 2.05) is 20.2 Å². The summed E-state index contributed by atoms with van der Waals surface area (Å²) in [5, 5.41) is 4.00. The van der Waals surface area contributed by atoms with Gasteiger partial charge in [-0.15, -0.1) is 0 Å². The molecule has 3 heterocycles. The van der Waals surface area contributed by atoms with Crippen LogP contribution in [-0.4, -0.2) is 66.3 Å². The van der Waals surface area contributed by atoms with E-state index in [1.54, 1.807) is 11.8 Å². The summed E-state index contributed by atoms with van der Waals surface area (Å²) in [4.78, 5) is 25.9. The van der Waals surface area contributed by atoms with E-state index in [0.717, 1.165) is 55.7 Å². The molecule has 7 heteroatoms. The zero-order chi connectivity index (χ0) is 17.1. The maximum atomic E-state index is 12.3. The second-order valence-corrected chi connectivity index (χ2v) is 7.42. The molecule has 2 atom stereocenters. The van der Waals surface area contributed by atoms with Crippen LogP contribution >= 0.6 is 11.8 Å². The molecule has 132 valence electrons. The summed E-state index contributed by atoms with van der Waals surface area (Å²) in [6, 6.07) is 2.46. The van der Waals surface area contributed by atoms with Crippen molar-refractivity contribution in [2.45, 2.75) is 37.4 Å². The maximum absolute atomic E-state index is 12.3. The standard InChI is InChI=1S/C17H27N5OS/c1-12-10-15(20-17(19-12)24-3)21-8-6-14-13(11-21)4-5-16(23)22(14)9-7-18-2/h10,13-14,18H,4-9,11H2,1-3H3/t13-,14+/m0/s1. The molecule has 1 amide bonds. The van der Waals surface area contributed by atoms with Gasteiger partial charge in [0, 0.05) is 50.4 Å². The van der Waals surface area contributed by atoms with Crippen molar-refractivity contribution in [1.82, 2.24) is 20.2 Å². The SMILES string of the molecule is CNCCN1C(=O)CC[C@H]2CN(c3cc(C)nc(SC)n3)CC[C@H]21. The number of nitrogens with zero attached hydrogens (tertiary/aromatic N) is 4. The molecule has 3 rings (SSSR count). The molecule has 2 fully saturated rings. The number of fused-ring (bicyclic) bond motifs is 1. The van der Waals surface area contributed by atoms with Gasteiger partial charge in [-0.05, 0) is 39.0 Å². The Bertz CT molecular complexity index is 596. The van der Waals surface area contributed by atoms with Crippen molar-refractivity contribution >= 4 is 23.5 Å². The van der Waals surface area contributed by atoms with E-state index >= 15 is 0 Å². The number of hydrogen-bond acceptors (Lipinski definition) is 6. The van der Waals surface area contributed by atoms with Crippen LogP contribution in [0.2, 0.25) is 0 Å². The average Bonchev–Trinajstić information content (AvgIpc) is 2.60. The van der Waals surface area contributed by atoms with Gasteiger partial charge in [-0.1, -0.05) is 11.8 Å². The largest absolute Gasteiger partial charge is 0.356 e. The van der Waals surface area contributed by atoms with Crippen molar-refractivity contribution in [1.29, 1.82) is 0 Å². The number of hydrogen-bond donors (Lipinski definition) is 1. The highest BCUT2D eigenvalue weighted by Crippen LogP contribution is 2.33. The quantitative estimate of drug-likeness (QED) is 0.643. The van der Waals surface area contributed by atoms with Gasteiger partial charge >= 0.3 is 0 Å². The molecular weight excluding hydrogens is 322 g/mol. The lowest BCUT2D eigenvalue weighted by Gasteiger charge is -2.47. The predicted molar refractivity (Wildman–Crippen MR) is 97.5 cm³/mol. The number of nitrogens with one attached hydrogen (secondary N) is 1. The van der Waals surface area contributed by atoms with E-state index in [-0.39, 0.29) is 0 Å². The van der Waals surface area contributed by atoms with E-state index in [9.17, 15) is 4.79 Å². The summed E-state index contributed by atoms with van der Waals surface area (Å²) in [5.74, 6) is 1.90. The molecule has 1 aromatic heterocycles. The zero-order valence-electron chi connectivity index (χ0n) is 14.8. The lowest BCUT2D eigenvalue weighted by molar-refractivity contribution is -0.139. The lowest BCUT2D eigenvalue weighted by Crippen LogP contribution is -2.57. The zero-order valence-corrected chi connectivity index (χ0v) is 15.6. The van der Waals surface area contributed by atoms with E-state index in [4.69, 9.17) is 0 Å². The van der Waals surface area contributed by atoms with Crippen LogP contribution in [0.3, 0.4) is 0 Å². The number of rotatable bonds is 5. The van der Waals surface area contributed by atoms with Crippen LogP contribution in [0.25, 0.3) is 0 Å². The van der Waals surface area contributed by atoms with Gasteiger partial charge in [0.1, 0.15) is 5.82 Å². The van der Waals surface area contributed by atoms with Crippen molar-refractivity contribution in [2.24, 2.45) is 5.92 Å². The molecule has 1 aromatic rings. The lowest BCUT2D eigenvalue weighted by atomic mass is 9.83. The topological polar surface area (TPSA) is 61.4 Å². The Labute approximate surface area is 148 Å². The van der Waals surface area contributed by atoms with Crippen molar-refractivity contribution in [2.75, 3.05) is 44.4 Å².